The molecule has 0 aromatic heterocycles. The number of urea groups is 1. The average molecular weight is 232 g/mol. The molecule has 0 bridgehead atoms. The minimum absolute atomic E-state index is 0.0811. The molecule has 0 aromatic rings. The molecule has 1 fully saturated rings. The number of hydrogen-bond acceptors (Lipinski definition) is 3. The van der Waals surface area contributed by atoms with Crippen molar-refractivity contribution < 1.29 is 14.7 Å². The van der Waals surface area contributed by atoms with Crippen LogP contribution in [0.25, 0.3) is 0 Å². The third kappa shape index (κ3) is 3.02. The van der Waals surface area contributed by atoms with Crippen molar-refractivity contribution in [1.29, 1.82) is 0 Å². The van der Waals surface area contributed by atoms with Gasteiger partial charge in [0.15, 0.2) is 0 Å². The molecule has 0 saturated carbocycles. The van der Waals surface area contributed by atoms with Crippen molar-refractivity contribution in [2.45, 2.75) is 32.4 Å². The Bertz CT molecular complexity index is 260. The van der Waals surface area contributed by atoms with Crippen molar-refractivity contribution in [2.24, 2.45) is 0 Å². The van der Waals surface area contributed by atoms with Crippen LogP contribution in [0, 0.1) is 0 Å². The highest BCUT2D eigenvalue weighted by Gasteiger charge is 2.34. The second-order valence-electron chi connectivity index (χ2n) is 3.58. The smallest absolute Gasteiger partial charge is 0.327 e. The first-order chi connectivity index (χ1) is 7.06. The summed E-state index contributed by atoms with van der Waals surface area (Å²) in [7, 11) is 0. The van der Waals surface area contributed by atoms with E-state index >= 15 is 0 Å². The Labute approximate surface area is 93.2 Å². The van der Waals surface area contributed by atoms with E-state index in [1.54, 1.807) is 0 Å². The number of thioether (sulfide) groups is 1. The van der Waals surface area contributed by atoms with Crippen LogP contribution in [-0.4, -0.2) is 45.7 Å². The van der Waals surface area contributed by atoms with E-state index in [0.717, 1.165) is 6.42 Å². The lowest BCUT2D eigenvalue weighted by molar-refractivity contribution is -0.140. The van der Waals surface area contributed by atoms with E-state index in [9.17, 15) is 9.59 Å². The number of carboxylic acid groups (broad SMARTS) is 1. The fourth-order valence-electron chi connectivity index (χ4n) is 1.24. The molecule has 86 valence electrons. The maximum Gasteiger partial charge on any atom is 0.327 e. The Morgan fingerprint density at radius 1 is 1.67 bits per heavy atom. The average Bonchev–Trinajstić information content (AvgIpc) is 2.65. The Morgan fingerprint density at radius 2 is 2.33 bits per heavy atom. The molecule has 1 rings (SSSR count). The minimum atomic E-state index is -0.931. The van der Waals surface area contributed by atoms with E-state index in [2.05, 4.69) is 5.32 Å². The van der Waals surface area contributed by atoms with Crippen LogP contribution in [0.2, 0.25) is 0 Å². The van der Waals surface area contributed by atoms with Crippen LogP contribution < -0.4 is 5.32 Å². The molecule has 0 aliphatic carbocycles. The molecule has 6 heteroatoms. The van der Waals surface area contributed by atoms with Crippen LogP contribution in [0.15, 0.2) is 0 Å². The number of carbonyl (C=O) groups is 2. The summed E-state index contributed by atoms with van der Waals surface area (Å²) in [5.74, 6) is 0.00183. The molecule has 0 spiro atoms. The predicted octanol–water partition coefficient (Wildman–Crippen LogP) is 0.954. The predicted molar refractivity (Wildman–Crippen MR) is 58.9 cm³/mol. The monoisotopic (exact) mass is 232 g/mol. The summed E-state index contributed by atoms with van der Waals surface area (Å²) >= 11 is 1.47. The summed E-state index contributed by atoms with van der Waals surface area (Å²) in [6, 6.07) is -0.877. The number of nitrogens with zero attached hydrogens (tertiary/aromatic N) is 1. The number of nitrogens with one attached hydrogen (secondary N) is 1. The number of amides is 2. The molecule has 2 amide bonds. The van der Waals surface area contributed by atoms with Crippen molar-refractivity contribution >= 4 is 23.8 Å². The van der Waals surface area contributed by atoms with Crippen LogP contribution >= 0.6 is 11.8 Å². The molecule has 0 radical (unpaired) electrons. The molecule has 1 saturated heterocycles. The van der Waals surface area contributed by atoms with E-state index in [1.165, 1.54) is 16.7 Å². The van der Waals surface area contributed by atoms with E-state index in [-0.39, 0.29) is 12.1 Å². The van der Waals surface area contributed by atoms with E-state index in [4.69, 9.17) is 5.11 Å². The first kappa shape index (κ1) is 12.2. The number of carboxylic acids is 1. The molecule has 2 N–H and O–H groups in total. The SMILES string of the molecule is CCC(C)NC(=O)N1CSCC1C(=O)O. The summed E-state index contributed by atoms with van der Waals surface area (Å²) in [5, 5.41) is 11.7. The van der Waals surface area contributed by atoms with Gasteiger partial charge in [0, 0.05) is 11.8 Å². The van der Waals surface area contributed by atoms with Gasteiger partial charge in [0.1, 0.15) is 6.04 Å². The normalized spacial score (nSPS) is 22.5. The molecular formula is C9H16N2O3S. The van der Waals surface area contributed by atoms with Crippen molar-refractivity contribution in [2.75, 3.05) is 11.6 Å². The van der Waals surface area contributed by atoms with Crippen molar-refractivity contribution in [3.05, 3.63) is 0 Å². The lowest BCUT2D eigenvalue weighted by atomic mass is 10.2. The van der Waals surface area contributed by atoms with Gasteiger partial charge in [-0.25, -0.2) is 9.59 Å². The van der Waals surface area contributed by atoms with Gasteiger partial charge in [-0.3, -0.25) is 0 Å². The summed E-state index contributed by atoms with van der Waals surface area (Å²) < 4.78 is 0. The van der Waals surface area contributed by atoms with Crippen LogP contribution in [-0.2, 0) is 4.79 Å². The van der Waals surface area contributed by atoms with Gasteiger partial charge in [0.25, 0.3) is 0 Å². The molecule has 1 aliphatic heterocycles. The second kappa shape index (κ2) is 5.25. The summed E-state index contributed by atoms with van der Waals surface area (Å²) in [6.07, 6.45) is 0.838. The quantitative estimate of drug-likeness (QED) is 0.760. The third-order valence-corrected chi connectivity index (χ3v) is 3.42. The van der Waals surface area contributed by atoms with Crippen LogP contribution in [0.5, 0.6) is 0 Å². The summed E-state index contributed by atoms with van der Waals surface area (Å²) in [4.78, 5) is 23.9. The fraction of sp³-hybridized carbons (Fsp3) is 0.778. The molecule has 15 heavy (non-hydrogen) atoms. The highest BCUT2D eigenvalue weighted by atomic mass is 32.2. The lowest BCUT2D eigenvalue weighted by Gasteiger charge is -2.23. The van der Waals surface area contributed by atoms with E-state index in [0.29, 0.717) is 11.6 Å². The highest BCUT2D eigenvalue weighted by Crippen LogP contribution is 2.20. The molecule has 5 nitrogen and oxygen atoms in total. The van der Waals surface area contributed by atoms with Gasteiger partial charge in [0.05, 0.1) is 5.88 Å². The maximum absolute atomic E-state index is 11.7. The first-order valence-corrected chi connectivity index (χ1v) is 6.09. The van der Waals surface area contributed by atoms with E-state index in [1.807, 2.05) is 13.8 Å². The Kier molecular flexibility index (Phi) is 4.26. The third-order valence-electron chi connectivity index (χ3n) is 2.41. The molecule has 0 aromatic carbocycles. The topological polar surface area (TPSA) is 69.6 Å². The van der Waals surface area contributed by atoms with Crippen LogP contribution in [0.1, 0.15) is 20.3 Å². The first-order valence-electron chi connectivity index (χ1n) is 4.94. The van der Waals surface area contributed by atoms with Crippen molar-refractivity contribution in [1.82, 2.24) is 10.2 Å². The van der Waals surface area contributed by atoms with Crippen molar-refractivity contribution in [3.8, 4) is 0 Å². The minimum Gasteiger partial charge on any atom is -0.480 e. The zero-order chi connectivity index (χ0) is 11.4. The number of aliphatic carboxylic acids is 1. The van der Waals surface area contributed by atoms with Gasteiger partial charge in [-0.05, 0) is 13.3 Å². The van der Waals surface area contributed by atoms with Gasteiger partial charge in [-0.15, -0.1) is 11.8 Å². The van der Waals surface area contributed by atoms with Gasteiger partial charge >= 0.3 is 12.0 Å². The maximum atomic E-state index is 11.7. The van der Waals surface area contributed by atoms with Gasteiger partial charge in [0.2, 0.25) is 0 Å². The molecule has 2 atom stereocenters. The van der Waals surface area contributed by atoms with Gasteiger partial charge in [-0.1, -0.05) is 6.92 Å². The number of hydrogen-bond donors (Lipinski definition) is 2. The number of rotatable bonds is 3. The van der Waals surface area contributed by atoms with Gasteiger partial charge < -0.3 is 15.3 Å². The summed E-state index contributed by atoms with van der Waals surface area (Å²) in [6.45, 7) is 3.87. The zero-order valence-corrected chi connectivity index (χ0v) is 9.71. The standard InChI is InChI=1S/C9H16N2O3S/c1-3-6(2)10-9(14)11-5-15-4-7(11)8(12)13/h6-7H,3-5H2,1-2H3,(H,10,14)(H,12,13). The summed E-state index contributed by atoms with van der Waals surface area (Å²) in [5.41, 5.74) is 0. The highest BCUT2D eigenvalue weighted by molar-refractivity contribution is 7.99. The van der Waals surface area contributed by atoms with Crippen molar-refractivity contribution in [3.63, 3.8) is 0 Å². The van der Waals surface area contributed by atoms with Crippen LogP contribution in [0.4, 0.5) is 4.79 Å². The molecule has 2 unspecified atom stereocenters. The Balaban J connectivity index is 2.55. The second-order valence-corrected chi connectivity index (χ2v) is 4.58. The van der Waals surface area contributed by atoms with E-state index < -0.39 is 12.0 Å². The zero-order valence-electron chi connectivity index (χ0n) is 8.90. The Morgan fingerprint density at radius 3 is 2.87 bits per heavy atom. The van der Waals surface area contributed by atoms with Gasteiger partial charge in [-0.2, -0.15) is 0 Å². The molecule has 1 aliphatic rings. The largest absolute Gasteiger partial charge is 0.480 e. The molecular weight excluding hydrogens is 216 g/mol. The Hall–Kier alpha value is -0.910. The van der Waals surface area contributed by atoms with Crippen LogP contribution in [0.3, 0.4) is 0 Å². The number of carbonyl (C=O) groups excluding carboxylic acids is 1. The molecule has 1 heterocycles. The fourth-order valence-corrected chi connectivity index (χ4v) is 2.39. The lowest BCUT2D eigenvalue weighted by Crippen LogP contribution is -2.49.